The first-order valence-electron chi connectivity index (χ1n) is 2.49. The third-order valence-corrected chi connectivity index (χ3v) is 1.94. The van der Waals surface area contributed by atoms with Gasteiger partial charge in [-0.05, 0) is 0 Å². The molecule has 0 saturated carbocycles. The van der Waals surface area contributed by atoms with Gasteiger partial charge in [-0.15, -0.1) is 0 Å². The van der Waals surface area contributed by atoms with Crippen LogP contribution in [0.5, 0.6) is 0 Å². The maximum atomic E-state index is 11.6. The normalized spacial score (nSPS) is 24.0. The van der Waals surface area contributed by atoms with E-state index in [1.54, 1.807) is 0 Å². The summed E-state index contributed by atoms with van der Waals surface area (Å²) in [5.41, 5.74) is 0. The molecule has 1 rings (SSSR count). The van der Waals surface area contributed by atoms with E-state index in [-0.39, 0.29) is 13.1 Å². The molecule has 0 aromatic carbocycles. The van der Waals surface area contributed by atoms with Crippen LogP contribution in [0.4, 0.5) is 13.2 Å². The van der Waals surface area contributed by atoms with E-state index in [1.165, 1.54) is 3.92 Å². The Morgan fingerprint density at radius 3 is 1.89 bits per heavy atom. The minimum atomic E-state index is -3.99. The summed E-state index contributed by atoms with van der Waals surface area (Å²) in [5.74, 6) is -1.10. The summed E-state index contributed by atoms with van der Waals surface area (Å²) in [7, 11) is 0. The number of rotatable bonds is 0. The van der Waals surface area contributed by atoms with Gasteiger partial charge in [-0.1, -0.05) is 0 Å². The van der Waals surface area contributed by atoms with Gasteiger partial charge in [0, 0.05) is 0 Å². The molecule has 1 nitrogen and oxygen atoms in total. The monoisotopic (exact) mass is 204 g/mol. The summed E-state index contributed by atoms with van der Waals surface area (Å²) in [6.45, 7) is 0.229. The predicted octanol–water partition coefficient (Wildman–Crippen LogP) is 0.564. The zero-order valence-corrected chi connectivity index (χ0v) is 6.19. The Morgan fingerprint density at radius 2 is 1.78 bits per heavy atom. The molecule has 0 amide bonds. The van der Waals surface area contributed by atoms with Crippen LogP contribution in [-0.4, -0.2) is 39.4 Å². The summed E-state index contributed by atoms with van der Waals surface area (Å²) < 4.78 is 36.4. The van der Waals surface area contributed by atoms with Gasteiger partial charge >= 0.3 is 58.5 Å². The van der Waals surface area contributed by atoms with E-state index in [2.05, 4.69) is 16.2 Å². The van der Waals surface area contributed by atoms with Crippen molar-refractivity contribution in [1.82, 2.24) is 3.92 Å². The molecule has 0 spiro atoms. The maximum absolute atomic E-state index is 11.6. The Bertz CT molecular complexity index is 107. The van der Waals surface area contributed by atoms with Gasteiger partial charge in [-0.2, -0.15) is 0 Å². The average molecular weight is 203 g/mol. The molecule has 1 radical (unpaired) electrons. The molecule has 9 heavy (non-hydrogen) atoms. The average Bonchev–Trinajstić information content (AvgIpc) is 1.55. The Morgan fingerprint density at radius 1 is 1.33 bits per heavy atom. The second-order valence-corrected chi connectivity index (χ2v) is 3.17. The molecule has 5 heteroatoms. The topological polar surface area (TPSA) is 3.24 Å². The quantitative estimate of drug-likeness (QED) is 0.520. The van der Waals surface area contributed by atoms with Gasteiger partial charge in [0.25, 0.3) is 0 Å². The molecule has 0 atom stereocenters. The van der Waals surface area contributed by atoms with Crippen molar-refractivity contribution >= 4 is 16.2 Å². The first-order chi connectivity index (χ1) is 4.00. The van der Waals surface area contributed by atoms with Gasteiger partial charge in [0.1, 0.15) is 0 Å². The number of alkyl halides is 3. The Labute approximate surface area is 59.2 Å². The minimum absolute atomic E-state index is 0.115. The van der Waals surface area contributed by atoms with E-state index >= 15 is 0 Å². The summed E-state index contributed by atoms with van der Waals surface area (Å²) in [6.07, 6.45) is -3.99. The van der Waals surface area contributed by atoms with Crippen molar-refractivity contribution in [1.29, 1.82) is 0 Å². The van der Waals surface area contributed by atoms with Gasteiger partial charge in [0.15, 0.2) is 0 Å². The SMILES string of the molecule is FC(F)(F)C1CN([Se])C1. The van der Waals surface area contributed by atoms with Crippen LogP contribution in [0.1, 0.15) is 0 Å². The first kappa shape index (κ1) is 7.38. The van der Waals surface area contributed by atoms with Crippen LogP contribution in [0, 0.1) is 5.92 Å². The molecule has 1 saturated heterocycles. The van der Waals surface area contributed by atoms with Gasteiger partial charge < -0.3 is 0 Å². The Hall–Kier alpha value is 0.269. The zero-order valence-electron chi connectivity index (χ0n) is 4.48. The predicted molar refractivity (Wildman–Crippen MR) is 26.9 cm³/mol. The van der Waals surface area contributed by atoms with Crippen molar-refractivity contribution in [2.45, 2.75) is 6.18 Å². The van der Waals surface area contributed by atoms with Crippen molar-refractivity contribution in [2.24, 2.45) is 5.92 Å². The molecule has 1 aliphatic rings. The zero-order chi connectivity index (χ0) is 7.07. The van der Waals surface area contributed by atoms with E-state index < -0.39 is 12.1 Å². The third-order valence-electron chi connectivity index (χ3n) is 1.31. The molecule has 53 valence electrons. The van der Waals surface area contributed by atoms with Crippen molar-refractivity contribution in [3.63, 3.8) is 0 Å². The third kappa shape index (κ3) is 1.60. The molecule has 0 aliphatic carbocycles. The van der Waals surface area contributed by atoms with E-state index in [4.69, 9.17) is 0 Å². The molecule has 1 heterocycles. The van der Waals surface area contributed by atoms with Crippen LogP contribution in [0.25, 0.3) is 0 Å². The van der Waals surface area contributed by atoms with Crippen LogP contribution in [0.15, 0.2) is 0 Å². The van der Waals surface area contributed by atoms with Crippen molar-refractivity contribution < 1.29 is 13.2 Å². The Balaban J connectivity index is 2.32. The molecule has 0 unspecified atom stereocenters. The van der Waals surface area contributed by atoms with Crippen LogP contribution in [-0.2, 0) is 0 Å². The van der Waals surface area contributed by atoms with Gasteiger partial charge in [-0.3, -0.25) is 0 Å². The molecular weight excluding hydrogens is 198 g/mol. The van der Waals surface area contributed by atoms with Gasteiger partial charge in [0.2, 0.25) is 0 Å². The van der Waals surface area contributed by atoms with E-state index in [9.17, 15) is 13.2 Å². The standard InChI is InChI=1S/C4H5F3NSe/c5-4(6,7)3-1-8(9)2-3/h3H,1-2H2. The molecular formula is C4H5F3NSe. The van der Waals surface area contributed by atoms with Crippen LogP contribution < -0.4 is 0 Å². The summed E-state index contributed by atoms with van der Waals surface area (Å²) in [4.78, 5) is 0. The van der Waals surface area contributed by atoms with Crippen molar-refractivity contribution in [3.8, 4) is 0 Å². The van der Waals surface area contributed by atoms with Crippen LogP contribution in [0.2, 0.25) is 0 Å². The summed E-state index contributed by atoms with van der Waals surface area (Å²) >= 11 is 2.51. The van der Waals surface area contributed by atoms with Gasteiger partial charge in [0.05, 0.1) is 0 Å². The van der Waals surface area contributed by atoms with Crippen LogP contribution in [0.3, 0.4) is 0 Å². The fraction of sp³-hybridized carbons (Fsp3) is 1.00. The molecule has 0 N–H and O–H groups in total. The van der Waals surface area contributed by atoms with Crippen LogP contribution >= 0.6 is 0 Å². The molecule has 0 aromatic rings. The fourth-order valence-electron chi connectivity index (χ4n) is 0.645. The number of nitrogens with zero attached hydrogens (tertiary/aromatic N) is 1. The van der Waals surface area contributed by atoms with E-state index in [0.29, 0.717) is 0 Å². The summed E-state index contributed by atoms with van der Waals surface area (Å²) in [5, 5.41) is 0. The second-order valence-electron chi connectivity index (χ2n) is 2.09. The van der Waals surface area contributed by atoms with E-state index in [1.807, 2.05) is 0 Å². The molecule has 1 aliphatic heterocycles. The molecule has 0 bridgehead atoms. The van der Waals surface area contributed by atoms with Crippen molar-refractivity contribution in [2.75, 3.05) is 13.1 Å². The van der Waals surface area contributed by atoms with Gasteiger partial charge in [-0.25, -0.2) is 0 Å². The first-order valence-corrected chi connectivity index (χ1v) is 3.25. The fourth-order valence-corrected chi connectivity index (χ4v) is 1.40. The van der Waals surface area contributed by atoms with Crippen molar-refractivity contribution in [3.05, 3.63) is 0 Å². The number of hydrogen-bond donors (Lipinski definition) is 0. The molecule has 1 fully saturated rings. The number of hydrogen-bond acceptors (Lipinski definition) is 1. The number of halogens is 3. The van der Waals surface area contributed by atoms with E-state index in [0.717, 1.165) is 0 Å². The Kier molecular flexibility index (Phi) is 1.76. The summed E-state index contributed by atoms with van der Waals surface area (Å²) in [6, 6.07) is 0. The molecule has 0 aromatic heterocycles. The second kappa shape index (κ2) is 2.15.